The van der Waals surface area contributed by atoms with E-state index in [0.717, 1.165) is 0 Å². The zero-order valence-corrected chi connectivity index (χ0v) is 28.0. The van der Waals surface area contributed by atoms with Crippen molar-refractivity contribution in [2.24, 2.45) is 0 Å². The number of rotatable bonds is 2. The molecule has 224 valence electrons. The van der Waals surface area contributed by atoms with Crippen LogP contribution in [0, 0.1) is 6.92 Å². The van der Waals surface area contributed by atoms with Crippen molar-refractivity contribution in [3.63, 3.8) is 0 Å². The van der Waals surface area contributed by atoms with E-state index in [4.69, 9.17) is 0 Å². The molecule has 4 unspecified atom stereocenters. The first-order valence-corrected chi connectivity index (χ1v) is 16.5. The van der Waals surface area contributed by atoms with Gasteiger partial charge in [-0.15, -0.1) is 0 Å². The van der Waals surface area contributed by atoms with Crippen LogP contribution in [0.2, 0.25) is 11.6 Å². The van der Waals surface area contributed by atoms with Crippen molar-refractivity contribution in [3.05, 3.63) is 131 Å². The molecule has 44 heavy (non-hydrogen) atoms. The normalized spacial score (nSPS) is 24.2. The topological polar surface area (TPSA) is 6.48 Å². The van der Waals surface area contributed by atoms with Crippen molar-refractivity contribution < 1.29 is 0 Å². The minimum Gasteiger partial charge on any atom is -0.339 e. The van der Waals surface area contributed by atoms with Gasteiger partial charge in [0.25, 0.3) is 0 Å². The molecule has 2 aliphatic heterocycles. The van der Waals surface area contributed by atoms with Crippen molar-refractivity contribution >= 4 is 29.2 Å². The Morgan fingerprint density at radius 2 is 1.25 bits per heavy atom. The summed E-state index contributed by atoms with van der Waals surface area (Å²) in [5.41, 5.74) is 13.9. The van der Waals surface area contributed by atoms with Crippen LogP contribution in [-0.2, 0) is 10.8 Å². The van der Waals surface area contributed by atoms with Gasteiger partial charge in [0, 0.05) is 28.6 Å². The summed E-state index contributed by atoms with van der Waals surface area (Å²) in [4.78, 5) is 5.34. The Labute approximate surface area is 265 Å². The van der Waals surface area contributed by atoms with Gasteiger partial charge in [-0.25, -0.2) is 0 Å². The minimum absolute atomic E-state index is 0.0788. The van der Waals surface area contributed by atoms with Gasteiger partial charge in [0.05, 0.1) is 12.1 Å². The Balaban J connectivity index is 1.48. The summed E-state index contributed by atoms with van der Waals surface area (Å²) in [6.07, 6.45) is 12.4. The first-order valence-electron chi connectivity index (χ1n) is 16.5. The number of hydrogen-bond acceptors (Lipinski definition) is 2. The summed E-state index contributed by atoms with van der Waals surface area (Å²) >= 11 is 0. The van der Waals surface area contributed by atoms with Gasteiger partial charge in [0.1, 0.15) is 0 Å². The van der Waals surface area contributed by atoms with Crippen molar-refractivity contribution in [3.8, 4) is 0 Å². The van der Waals surface area contributed by atoms with Crippen molar-refractivity contribution in [2.75, 3.05) is 9.80 Å². The molecule has 0 radical (unpaired) electrons. The number of allylic oxidation sites excluding steroid dienone is 4. The van der Waals surface area contributed by atoms with Gasteiger partial charge in [-0.05, 0) is 85.0 Å². The lowest BCUT2D eigenvalue weighted by Crippen LogP contribution is -2.64. The Hall–Kier alpha value is -3.72. The molecule has 1 saturated heterocycles. The molecule has 0 bridgehead atoms. The van der Waals surface area contributed by atoms with Crippen LogP contribution >= 0.6 is 0 Å². The first-order chi connectivity index (χ1) is 20.8. The highest BCUT2D eigenvalue weighted by molar-refractivity contribution is 6.80. The third kappa shape index (κ3) is 4.71. The van der Waals surface area contributed by atoms with E-state index in [0.29, 0.717) is 18.3 Å². The minimum atomic E-state index is 0.0788. The number of fused-ring (bicyclic) bond motifs is 4. The van der Waals surface area contributed by atoms with Crippen molar-refractivity contribution in [1.82, 2.24) is 0 Å². The molecule has 2 aliphatic carbocycles. The van der Waals surface area contributed by atoms with Gasteiger partial charge in [-0.2, -0.15) is 0 Å². The fourth-order valence-corrected chi connectivity index (χ4v) is 8.14. The van der Waals surface area contributed by atoms with Crippen LogP contribution in [0.4, 0.5) is 17.1 Å². The largest absolute Gasteiger partial charge is 0.339 e. The Kier molecular flexibility index (Phi) is 6.70. The van der Waals surface area contributed by atoms with E-state index in [1.54, 1.807) is 0 Å². The molecule has 7 rings (SSSR count). The van der Waals surface area contributed by atoms with E-state index in [1.807, 2.05) is 0 Å². The lowest BCUT2D eigenvalue weighted by Gasteiger charge is -2.58. The second kappa shape index (κ2) is 10.2. The first kappa shape index (κ1) is 29.0. The van der Waals surface area contributed by atoms with Gasteiger partial charge in [0.15, 0.2) is 0 Å². The zero-order chi connectivity index (χ0) is 31.1. The van der Waals surface area contributed by atoms with Crippen LogP contribution in [0.1, 0.15) is 72.1 Å². The number of benzene rings is 3. The Morgan fingerprint density at radius 1 is 0.636 bits per heavy atom. The van der Waals surface area contributed by atoms with Crippen LogP contribution in [0.15, 0.2) is 114 Å². The molecular formula is C41H47BN2. The predicted octanol–water partition coefficient (Wildman–Crippen LogP) is 9.80. The van der Waals surface area contributed by atoms with Crippen molar-refractivity contribution in [1.29, 1.82) is 0 Å². The highest BCUT2D eigenvalue weighted by Crippen LogP contribution is 2.55. The quantitative estimate of drug-likeness (QED) is 0.279. The smallest absolute Gasteiger partial charge is 0.200 e. The molecule has 0 saturated carbocycles. The number of nitrogens with zero attached hydrogens (tertiary/aromatic N) is 2. The molecule has 1 fully saturated rings. The van der Waals surface area contributed by atoms with Crippen LogP contribution < -0.4 is 15.3 Å². The fourth-order valence-electron chi connectivity index (χ4n) is 8.14. The van der Waals surface area contributed by atoms with E-state index < -0.39 is 0 Å². The summed E-state index contributed by atoms with van der Waals surface area (Å²) in [7, 11) is 0. The lowest BCUT2D eigenvalue weighted by atomic mass is 9.24. The van der Waals surface area contributed by atoms with E-state index in [9.17, 15) is 0 Å². The maximum absolute atomic E-state index is 2.69. The van der Waals surface area contributed by atoms with E-state index in [1.165, 1.54) is 56.1 Å². The monoisotopic (exact) mass is 578 g/mol. The second-order valence-electron chi connectivity index (χ2n) is 15.8. The predicted molar refractivity (Wildman–Crippen MR) is 191 cm³/mol. The Morgan fingerprint density at radius 3 is 1.91 bits per heavy atom. The second-order valence-corrected chi connectivity index (χ2v) is 15.8. The average Bonchev–Trinajstić information content (AvgIpc) is 2.96. The number of hydrogen-bond donors (Lipinski definition) is 0. The summed E-state index contributed by atoms with van der Waals surface area (Å²) < 4.78 is 0. The molecule has 2 nitrogen and oxygen atoms in total. The summed E-state index contributed by atoms with van der Waals surface area (Å²) in [5.74, 6) is 0.690. The molecule has 3 aromatic rings. The zero-order valence-electron chi connectivity index (χ0n) is 28.0. The lowest BCUT2D eigenvalue weighted by molar-refractivity contribution is 0.587. The van der Waals surface area contributed by atoms with Gasteiger partial charge >= 0.3 is 0 Å². The van der Waals surface area contributed by atoms with Crippen LogP contribution in [-0.4, -0.2) is 18.8 Å². The molecule has 4 atom stereocenters. The molecule has 0 amide bonds. The summed E-state index contributed by atoms with van der Waals surface area (Å²) in [5, 5.41) is 0. The molecule has 3 aromatic carbocycles. The van der Waals surface area contributed by atoms with E-state index in [-0.39, 0.29) is 22.9 Å². The maximum atomic E-state index is 2.69. The molecular weight excluding hydrogens is 531 g/mol. The van der Waals surface area contributed by atoms with E-state index in [2.05, 4.69) is 169 Å². The number of anilines is 3. The summed E-state index contributed by atoms with van der Waals surface area (Å²) in [6, 6.07) is 26.4. The van der Waals surface area contributed by atoms with Crippen LogP contribution in [0.25, 0.3) is 0 Å². The maximum Gasteiger partial charge on any atom is 0.200 e. The summed E-state index contributed by atoms with van der Waals surface area (Å²) in [6.45, 7) is 21.1. The van der Waals surface area contributed by atoms with Crippen LogP contribution in [0.5, 0.6) is 0 Å². The van der Waals surface area contributed by atoms with Gasteiger partial charge < -0.3 is 9.80 Å². The highest BCUT2D eigenvalue weighted by Gasteiger charge is 2.56. The van der Waals surface area contributed by atoms with Gasteiger partial charge in [-0.3, -0.25) is 0 Å². The Bertz CT molecular complexity index is 1720. The SMILES string of the molecule is CC1=CC2B3c4cc(C(C)(C)C)ccc4N(c4ccc(C)cc4)C4C=C(C)C=C(C34)N(c3ccc(C(C)(C)C)cc3)C2C=C1. The third-order valence-electron chi connectivity index (χ3n) is 10.4. The van der Waals surface area contributed by atoms with Crippen molar-refractivity contribution in [2.45, 2.75) is 96.9 Å². The highest BCUT2D eigenvalue weighted by atomic mass is 15.2. The fraction of sp³-hybridized carbons (Fsp3) is 0.366. The standard InChI is InChI=1S/C41H47BN2/c1-26-10-16-31(17-11-26)43-36-21-15-30(41(7,8)9)25-34(36)42-33-22-27(2)12-20-35(33)44(38-24-28(3)23-37(43)39(38)42)32-18-13-29(14-19-32)40(4,5)6/h10-25,33,35,37,39H,1-9H3. The average molecular weight is 579 g/mol. The van der Waals surface area contributed by atoms with E-state index >= 15 is 0 Å². The third-order valence-corrected chi connectivity index (χ3v) is 10.4. The molecule has 0 spiro atoms. The van der Waals surface area contributed by atoms with Gasteiger partial charge in [0.2, 0.25) is 6.71 Å². The molecule has 0 N–H and O–H groups in total. The molecule has 0 aromatic heterocycles. The molecule has 3 heteroatoms. The van der Waals surface area contributed by atoms with Gasteiger partial charge in [-0.1, -0.05) is 124 Å². The molecule has 2 heterocycles. The molecule has 4 aliphatic rings. The number of aryl methyl sites for hydroxylation is 1. The van der Waals surface area contributed by atoms with Crippen LogP contribution in [0.3, 0.4) is 0 Å².